The van der Waals surface area contributed by atoms with Crippen LogP contribution in [0.25, 0.3) is 0 Å². The fourth-order valence-corrected chi connectivity index (χ4v) is 6.59. The summed E-state index contributed by atoms with van der Waals surface area (Å²) >= 11 is 0. The SMILES string of the molecule is COc1ccc(C)c2c1C13c4c(OC)ccc(C)c4C[C@@H]1CCCC3C2. The summed E-state index contributed by atoms with van der Waals surface area (Å²) < 4.78 is 11.9. The smallest absolute Gasteiger partial charge is 0.123 e. The topological polar surface area (TPSA) is 18.5 Å². The Morgan fingerprint density at radius 3 is 1.65 bits per heavy atom. The van der Waals surface area contributed by atoms with Crippen LogP contribution in [0.3, 0.4) is 0 Å². The fraction of sp³-hybridized carbons (Fsp3) is 0.500. The van der Waals surface area contributed by atoms with Crippen molar-refractivity contribution < 1.29 is 9.47 Å². The van der Waals surface area contributed by atoms with E-state index < -0.39 is 0 Å². The Balaban J connectivity index is 1.90. The number of ether oxygens (including phenoxy) is 2. The molecule has 0 aliphatic heterocycles. The third-order valence-corrected chi connectivity index (χ3v) is 7.58. The normalized spacial score (nSPS) is 28.2. The Labute approximate surface area is 156 Å². The highest BCUT2D eigenvalue weighted by molar-refractivity contribution is 5.66. The van der Waals surface area contributed by atoms with Crippen molar-refractivity contribution in [3.05, 3.63) is 57.6 Å². The van der Waals surface area contributed by atoms with Crippen molar-refractivity contribution in [2.24, 2.45) is 11.8 Å². The molecule has 136 valence electrons. The van der Waals surface area contributed by atoms with Gasteiger partial charge in [-0.2, -0.15) is 0 Å². The highest BCUT2D eigenvalue weighted by Gasteiger charge is 2.60. The quantitative estimate of drug-likeness (QED) is 0.748. The highest BCUT2D eigenvalue weighted by Crippen LogP contribution is 2.66. The van der Waals surface area contributed by atoms with Gasteiger partial charge in [0.15, 0.2) is 0 Å². The van der Waals surface area contributed by atoms with Gasteiger partial charge in [0.1, 0.15) is 11.5 Å². The zero-order valence-electron chi connectivity index (χ0n) is 16.3. The van der Waals surface area contributed by atoms with Crippen LogP contribution in [-0.2, 0) is 18.3 Å². The Hall–Kier alpha value is -1.96. The number of methoxy groups -OCH3 is 2. The van der Waals surface area contributed by atoms with E-state index >= 15 is 0 Å². The molecule has 2 nitrogen and oxygen atoms in total. The average Bonchev–Trinajstić information content (AvgIpc) is 3.19. The van der Waals surface area contributed by atoms with Gasteiger partial charge in [-0.05, 0) is 85.8 Å². The van der Waals surface area contributed by atoms with E-state index in [1.54, 1.807) is 0 Å². The van der Waals surface area contributed by atoms with E-state index in [-0.39, 0.29) is 5.41 Å². The molecule has 0 bridgehead atoms. The fourth-order valence-electron chi connectivity index (χ4n) is 6.59. The first-order valence-corrected chi connectivity index (χ1v) is 9.96. The van der Waals surface area contributed by atoms with Crippen molar-refractivity contribution in [3.8, 4) is 11.5 Å². The molecular formula is C24H28O2. The monoisotopic (exact) mass is 348 g/mol. The van der Waals surface area contributed by atoms with Gasteiger partial charge in [0.05, 0.1) is 14.2 Å². The zero-order chi connectivity index (χ0) is 18.1. The van der Waals surface area contributed by atoms with Crippen LogP contribution in [-0.4, -0.2) is 14.2 Å². The Kier molecular flexibility index (Phi) is 3.44. The molecule has 0 radical (unpaired) electrons. The maximum Gasteiger partial charge on any atom is 0.123 e. The van der Waals surface area contributed by atoms with Gasteiger partial charge in [-0.3, -0.25) is 0 Å². The lowest BCUT2D eigenvalue weighted by Crippen LogP contribution is -2.41. The van der Waals surface area contributed by atoms with Crippen LogP contribution < -0.4 is 9.47 Å². The summed E-state index contributed by atoms with van der Waals surface area (Å²) in [6.45, 7) is 4.54. The minimum Gasteiger partial charge on any atom is -0.496 e. The molecular weight excluding hydrogens is 320 g/mol. The molecule has 0 aromatic heterocycles. The van der Waals surface area contributed by atoms with Crippen LogP contribution in [0.2, 0.25) is 0 Å². The van der Waals surface area contributed by atoms with Crippen molar-refractivity contribution in [2.45, 2.75) is 51.4 Å². The first-order chi connectivity index (χ1) is 12.6. The number of benzene rings is 2. The molecule has 3 aliphatic carbocycles. The molecule has 2 heteroatoms. The lowest BCUT2D eigenvalue weighted by atomic mass is 9.59. The maximum atomic E-state index is 5.94. The van der Waals surface area contributed by atoms with Crippen molar-refractivity contribution >= 4 is 0 Å². The second-order valence-electron chi connectivity index (χ2n) is 8.48. The van der Waals surface area contributed by atoms with Crippen LogP contribution >= 0.6 is 0 Å². The van der Waals surface area contributed by atoms with Crippen LogP contribution in [0.4, 0.5) is 0 Å². The summed E-state index contributed by atoms with van der Waals surface area (Å²) in [5.41, 5.74) is 8.97. The molecule has 26 heavy (non-hydrogen) atoms. The molecule has 1 fully saturated rings. The molecule has 3 atom stereocenters. The molecule has 0 heterocycles. The predicted molar refractivity (Wildman–Crippen MR) is 104 cm³/mol. The molecule has 5 rings (SSSR count). The molecule has 0 amide bonds. The first-order valence-electron chi connectivity index (χ1n) is 9.96. The minimum absolute atomic E-state index is 0.0810. The Bertz CT molecular complexity index is 822. The number of hydrogen-bond donors (Lipinski definition) is 0. The van der Waals surface area contributed by atoms with E-state index in [2.05, 4.69) is 38.1 Å². The van der Waals surface area contributed by atoms with Gasteiger partial charge >= 0.3 is 0 Å². The predicted octanol–water partition coefficient (Wildman–Crippen LogP) is 5.14. The van der Waals surface area contributed by atoms with Gasteiger partial charge in [0.2, 0.25) is 0 Å². The number of hydrogen-bond acceptors (Lipinski definition) is 2. The number of fused-ring (bicyclic) bond motifs is 2. The van der Waals surface area contributed by atoms with Crippen LogP contribution in [0.15, 0.2) is 24.3 Å². The lowest BCUT2D eigenvalue weighted by Gasteiger charge is -2.44. The summed E-state index contributed by atoms with van der Waals surface area (Å²) in [7, 11) is 3.66. The maximum absolute atomic E-state index is 5.94. The van der Waals surface area contributed by atoms with Gasteiger partial charge in [-0.25, -0.2) is 0 Å². The molecule has 3 aliphatic rings. The summed E-state index contributed by atoms with van der Waals surface area (Å²) in [5.74, 6) is 3.50. The van der Waals surface area contributed by atoms with Crippen LogP contribution in [0, 0.1) is 25.7 Å². The second-order valence-corrected chi connectivity index (χ2v) is 8.48. The molecule has 0 N–H and O–H groups in total. The molecule has 2 aromatic rings. The Morgan fingerprint density at radius 1 is 0.769 bits per heavy atom. The van der Waals surface area contributed by atoms with E-state index in [9.17, 15) is 0 Å². The van der Waals surface area contributed by atoms with Crippen LogP contribution in [0.1, 0.15) is 52.6 Å². The Morgan fingerprint density at radius 2 is 1.23 bits per heavy atom. The van der Waals surface area contributed by atoms with E-state index in [0.29, 0.717) is 11.8 Å². The molecule has 1 spiro atoms. The summed E-state index contributed by atoms with van der Waals surface area (Å²) in [5, 5.41) is 0. The lowest BCUT2D eigenvalue weighted by molar-refractivity contribution is 0.170. The van der Waals surface area contributed by atoms with Gasteiger partial charge in [0.25, 0.3) is 0 Å². The third-order valence-electron chi connectivity index (χ3n) is 7.58. The molecule has 1 saturated carbocycles. The molecule has 2 unspecified atom stereocenters. The number of aryl methyl sites for hydroxylation is 2. The average molecular weight is 348 g/mol. The van der Waals surface area contributed by atoms with E-state index in [1.807, 2.05) is 14.2 Å². The van der Waals surface area contributed by atoms with Gasteiger partial charge < -0.3 is 9.47 Å². The summed E-state index contributed by atoms with van der Waals surface area (Å²) in [4.78, 5) is 0. The van der Waals surface area contributed by atoms with E-state index in [1.165, 1.54) is 65.5 Å². The minimum atomic E-state index is 0.0810. The summed E-state index contributed by atoms with van der Waals surface area (Å²) in [6.07, 6.45) is 6.34. The van der Waals surface area contributed by atoms with Crippen molar-refractivity contribution in [2.75, 3.05) is 14.2 Å². The molecule has 0 saturated heterocycles. The molecule has 2 aromatic carbocycles. The summed E-state index contributed by atoms with van der Waals surface area (Å²) in [6, 6.07) is 8.86. The first kappa shape index (κ1) is 16.2. The van der Waals surface area contributed by atoms with Crippen LogP contribution in [0.5, 0.6) is 11.5 Å². The van der Waals surface area contributed by atoms with Crippen molar-refractivity contribution in [1.82, 2.24) is 0 Å². The van der Waals surface area contributed by atoms with Gasteiger partial charge in [0, 0.05) is 16.5 Å². The van der Waals surface area contributed by atoms with Crippen molar-refractivity contribution in [3.63, 3.8) is 0 Å². The second kappa shape index (κ2) is 5.52. The highest BCUT2D eigenvalue weighted by atomic mass is 16.5. The van der Waals surface area contributed by atoms with Gasteiger partial charge in [-0.15, -0.1) is 0 Å². The standard InChI is InChI=1S/C24H28O2/c1-14-8-10-20(25-3)22-18(14)12-16-6-5-7-17-13-19-15(2)9-11-21(26-4)23(19)24(16,17)22/h8-11,16-17H,5-7,12-13H2,1-4H3/t16-,17?,24?/m0/s1. The number of rotatable bonds is 2. The van der Waals surface area contributed by atoms with E-state index in [0.717, 1.165) is 11.5 Å². The third kappa shape index (κ3) is 1.78. The van der Waals surface area contributed by atoms with Crippen molar-refractivity contribution in [1.29, 1.82) is 0 Å². The van der Waals surface area contributed by atoms with E-state index in [4.69, 9.17) is 9.47 Å². The zero-order valence-corrected chi connectivity index (χ0v) is 16.3. The largest absolute Gasteiger partial charge is 0.496 e. The van der Waals surface area contributed by atoms with Gasteiger partial charge in [-0.1, -0.05) is 18.6 Å².